The third-order valence-corrected chi connectivity index (χ3v) is 4.55. The van der Waals surface area contributed by atoms with Gasteiger partial charge in [-0.2, -0.15) is 5.10 Å². The number of aromatic amines is 1. The lowest BCUT2D eigenvalue weighted by Gasteiger charge is -2.07. The molecular weight excluding hydrogens is 330 g/mol. The van der Waals surface area contributed by atoms with Gasteiger partial charge in [0, 0.05) is 35.8 Å². The van der Waals surface area contributed by atoms with Gasteiger partial charge in [-0.25, -0.2) is 4.98 Å². The average molecular weight is 351 g/mol. The van der Waals surface area contributed by atoms with Crippen LogP contribution in [0.5, 0.6) is 0 Å². The van der Waals surface area contributed by atoms with E-state index < -0.39 is 6.29 Å². The number of nitrogen functional groups attached to an aromatic ring is 1. The largest absolute Gasteiger partial charge is 0.383 e. The van der Waals surface area contributed by atoms with E-state index in [-0.39, 0.29) is 6.04 Å². The number of nitrogens with zero attached hydrogens (tertiary/aromatic N) is 3. The Morgan fingerprint density at radius 3 is 2.77 bits per heavy atom. The van der Waals surface area contributed by atoms with Gasteiger partial charge in [-0.05, 0) is 32.0 Å². The predicted octanol–water partition coefficient (Wildman–Crippen LogP) is 3.38. The minimum absolute atomic E-state index is 0.195. The highest BCUT2D eigenvalue weighted by molar-refractivity contribution is 6.01. The Hall–Kier alpha value is -2.90. The normalized spacial score (nSPS) is 13.1. The van der Waals surface area contributed by atoms with Crippen molar-refractivity contribution in [1.29, 1.82) is 0 Å². The number of ether oxygens (including phenoxy) is 1. The van der Waals surface area contributed by atoms with Gasteiger partial charge in [0.15, 0.2) is 6.29 Å². The highest BCUT2D eigenvalue weighted by Gasteiger charge is 2.19. The van der Waals surface area contributed by atoms with Crippen molar-refractivity contribution < 1.29 is 9.84 Å². The van der Waals surface area contributed by atoms with Gasteiger partial charge in [-0.1, -0.05) is 12.1 Å². The summed E-state index contributed by atoms with van der Waals surface area (Å²) in [5, 5.41) is 16.5. The number of nitrogens with one attached hydrogen (secondary N) is 1. The molecule has 0 fully saturated rings. The second kappa shape index (κ2) is 6.12. The third-order valence-electron chi connectivity index (χ3n) is 4.55. The fraction of sp³-hybridized carbons (Fsp3) is 0.263. The van der Waals surface area contributed by atoms with Gasteiger partial charge in [0.1, 0.15) is 11.5 Å². The molecule has 4 N–H and O–H groups in total. The number of aliphatic hydroxyl groups is 1. The molecule has 0 bridgehead atoms. The minimum Gasteiger partial charge on any atom is -0.383 e. The number of aromatic nitrogens is 4. The van der Waals surface area contributed by atoms with Crippen molar-refractivity contribution in [3.05, 3.63) is 42.1 Å². The molecule has 7 heteroatoms. The van der Waals surface area contributed by atoms with E-state index in [1.807, 2.05) is 35.0 Å². The molecule has 26 heavy (non-hydrogen) atoms. The molecule has 3 heterocycles. The van der Waals surface area contributed by atoms with E-state index in [2.05, 4.69) is 23.8 Å². The van der Waals surface area contributed by atoms with Gasteiger partial charge in [0.05, 0.1) is 16.6 Å². The summed E-state index contributed by atoms with van der Waals surface area (Å²) in [6.45, 7) is 4.16. The molecule has 0 saturated carbocycles. The third kappa shape index (κ3) is 2.53. The number of pyridine rings is 1. The van der Waals surface area contributed by atoms with Crippen LogP contribution in [0.1, 0.15) is 31.7 Å². The molecule has 4 aromatic rings. The van der Waals surface area contributed by atoms with Crippen LogP contribution in [-0.4, -0.2) is 32.0 Å². The van der Waals surface area contributed by atoms with Gasteiger partial charge in [0.25, 0.3) is 0 Å². The smallest absolute Gasteiger partial charge is 0.180 e. The molecule has 7 nitrogen and oxygen atoms in total. The van der Waals surface area contributed by atoms with Gasteiger partial charge >= 0.3 is 0 Å². The molecule has 1 aromatic carbocycles. The van der Waals surface area contributed by atoms with Crippen molar-refractivity contribution in [2.75, 3.05) is 12.8 Å². The Morgan fingerprint density at radius 2 is 2.04 bits per heavy atom. The molecule has 0 spiro atoms. The Labute approximate surface area is 150 Å². The van der Waals surface area contributed by atoms with Crippen molar-refractivity contribution in [1.82, 2.24) is 19.7 Å². The molecule has 0 aliphatic heterocycles. The zero-order chi connectivity index (χ0) is 18.4. The van der Waals surface area contributed by atoms with Crippen LogP contribution >= 0.6 is 0 Å². The lowest BCUT2D eigenvalue weighted by Crippen LogP contribution is -2.02. The van der Waals surface area contributed by atoms with Crippen molar-refractivity contribution in [2.45, 2.75) is 26.2 Å². The molecule has 0 aliphatic carbocycles. The van der Waals surface area contributed by atoms with E-state index in [1.165, 1.54) is 7.11 Å². The first-order valence-corrected chi connectivity index (χ1v) is 8.46. The average Bonchev–Trinajstić information content (AvgIpc) is 3.22. The zero-order valence-electron chi connectivity index (χ0n) is 14.9. The summed E-state index contributed by atoms with van der Waals surface area (Å²) in [5.74, 6) is 0.457. The summed E-state index contributed by atoms with van der Waals surface area (Å²) in [4.78, 5) is 7.61. The molecule has 0 aliphatic rings. The Morgan fingerprint density at radius 1 is 1.23 bits per heavy atom. The van der Waals surface area contributed by atoms with Crippen molar-refractivity contribution >= 4 is 27.6 Å². The van der Waals surface area contributed by atoms with E-state index in [1.54, 1.807) is 6.20 Å². The highest BCUT2D eigenvalue weighted by atomic mass is 16.6. The molecule has 1 unspecified atom stereocenters. The van der Waals surface area contributed by atoms with E-state index in [0.717, 1.165) is 33.2 Å². The number of nitrogens with two attached hydrogens (primary N) is 1. The summed E-state index contributed by atoms with van der Waals surface area (Å²) in [6.07, 6.45) is 0.748. The maximum atomic E-state index is 9.88. The Kier molecular flexibility index (Phi) is 3.90. The fourth-order valence-corrected chi connectivity index (χ4v) is 3.26. The monoisotopic (exact) mass is 351 g/mol. The maximum absolute atomic E-state index is 9.88. The first kappa shape index (κ1) is 16.6. The predicted molar refractivity (Wildman–Crippen MR) is 102 cm³/mol. The number of aliphatic hydroxyl groups excluding tert-OH is 1. The maximum Gasteiger partial charge on any atom is 0.180 e. The first-order chi connectivity index (χ1) is 12.5. The lowest BCUT2D eigenvalue weighted by atomic mass is 10.1. The quantitative estimate of drug-likeness (QED) is 0.489. The van der Waals surface area contributed by atoms with Crippen LogP contribution in [0.25, 0.3) is 33.2 Å². The van der Waals surface area contributed by atoms with E-state index >= 15 is 0 Å². The first-order valence-electron chi connectivity index (χ1n) is 8.46. The number of H-pyrrole nitrogens is 1. The van der Waals surface area contributed by atoms with Crippen LogP contribution in [0.2, 0.25) is 0 Å². The lowest BCUT2D eigenvalue weighted by molar-refractivity contribution is -0.0768. The summed E-state index contributed by atoms with van der Waals surface area (Å²) in [7, 11) is 1.47. The summed E-state index contributed by atoms with van der Waals surface area (Å²) >= 11 is 0. The number of rotatable bonds is 4. The van der Waals surface area contributed by atoms with Crippen LogP contribution in [-0.2, 0) is 4.74 Å². The molecule has 0 saturated heterocycles. The van der Waals surface area contributed by atoms with E-state index in [9.17, 15) is 5.11 Å². The molecular formula is C19H21N5O2. The fourth-order valence-electron chi connectivity index (χ4n) is 3.26. The molecule has 4 rings (SSSR count). The van der Waals surface area contributed by atoms with E-state index in [4.69, 9.17) is 15.6 Å². The summed E-state index contributed by atoms with van der Waals surface area (Å²) < 4.78 is 6.93. The van der Waals surface area contributed by atoms with Gasteiger partial charge in [-0.15, -0.1) is 0 Å². The Balaban J connectivity index is 1.92. The zero-order valence-corrected chi connectivity index (χ0v) is 14.9. The second-order valence-electron chi connectivity index (χ2n) is 6.60. The SMILES string of the molecule is COC(O)c1ccc2cc(-c3nn(C(C)C)c4ccnc(N)c34)[nH]c2c1. The number of fused-ring (bicyclic) bond motifs is 2. The molecule has 134 valence electrons. The van der Waals surface area contributed by atoms with Crippen LogP contribution in [0.3, 0.4) is 0 Å². The Bertz CT molecular complexity index is 1100. The van der Waals surface area contributed by atoms with Crippen molar-refractivity contribution in [3.63, 3.8) is 0 Å². The number of benzene rings is 1. The summed E-state index contributed by atoms with van der Waals surface area (Å²) in [6, 6.07) is 9.80. The minimum atomic E-state index is -0.952. The van der Waals surface area contributed by atoms with Crippen LogP contribution < -0.4 is 5.73 Å². The highest BCUT2D eigenvalue weighted by Crippen LogP contribution is 2.34. The number of anilines is 1. The van der Waals surface area contributed by atoms with Crippen molar-refractivity contribution in [2.24, 2.45) is 0 Å². The van der Waals surface area contributed by atoms with Crippen molar-refractivity contribution in [3.8, 4) is 11.4 Å². The van der Waals surface area contributed by atoms with Gasteiger partial charge in [0.2, 0.25) is 0 Å². The van der Waals surface area contributed by atoms with Crippen LogP contribution in [0, 0.1) is 0 Å². The second-order valence-corrected chi connectivity index (χ2v) is 6.60. The number of hydrogen-bond donors (Lipinski definition) is 3. The number of hydrogen-bond acceptors (Lipinski definition) is 5. The van der Waals surface area contributed by atoms with Crippen LogP contribution in [0.15, 0.2) is 36.5 Å². The van der Waals surface area contributed by atoms with Crippen LogP contribution in [0.4, 0.5) is 5.82 Å². The molecule has 1 atom stereocenters. The number of methoxy groups -OCH3 is 1. The van der Waals surface area contributed by atoms with E-state index in [0.29, 0.717) is 11.4 Å². The molecule has 3 aromatic heterocycles. The van der Waals surface area contributed by atoms with Gasteiger partial charge < -0.3 is 20.6 Å². The standard InChI is InChI=1S/C19H21N5O2/c1-10(2)24-15-6-7-21-18(20)16(15)17(23-24)14-8-11-4-5-12(19(25)26-3)9-13(11)22-14/h4-10,19,22,25H,1-3H3,(H2,20,21). The molecule has 0 amide bonds. The van der Waals surface area contributed by atoms with Gasteiger partial charge in [-0.3, -0.25) is 4.68 Å². The summed E-state index contributed by atoms with van der Waals surface area (Å²) in [5.41, 5.74) is 10.3. The molecule has 0 radical (unpaired) electrons. The topological polar surface area (TPSA) is 102 Å².